The molecule has 2 aromatic carbocycles. The van der Waals surface area contributed by atoms with E-state index in [0.29, 0.717) is 0 Å². The minimum absolute atomic E-state index is 0.751. The molecule has 0 saturated heterocycles. The second-order valence-corrected chi connectivity index (χ2v) is 5.63. The summed E-state index contributed by atoms with van der Waals surface area (Å²) in [7, 11) is 1.75. The highest BCUT2D eigenvalue weighted by Gasteiger charge is 2.06. The van der Waals surface area contributed by atoms with Gasteiger partial charge in [-0.2, -0.15) is 0 Å². The molecule has 0 aliphatic rings. The number of para-hydroxylation sites is 1. The van der Waals surface area contributed by atoms with Crippen molar-refractivity contribution in [3.8, 4) is 0 Å². The number of nitrogens with one attached hydrogen (secondary N) is 1. The highest BCUT2D eigenvalue weighted by Crippen LogP contribution is 2.20. The standard InChI is InChI=1S/C19H25NO/c1-14-11-15(2)18(16(3)12-14)13-20-19-8-6-5-7-17(19)9-10-21-4/h5-8,11-12,20H,9-10,13H2,1-4H3. The van der Waals surface area contributed by atoms with Crippen molar-refractivity contribution in [2.75, 3.05) is 19.0 Å². The van der Waals surface area contributed by atoms with Gasteiger partial charge in [-0.25, -0.2) is 0 Å². The zero-order valence-electron chi connectivity index (χ0n) is 13.5. The maximum atomic E-state index is 5.19. The predicted octanol–water partition coefficient (Wildman–Crippen LogP) is 4.41. The van der Waals surface area contributed by atoms with Crippen LogP contribution < -0.4 is 5.32 Å². The highest BCUT2D eigenvalue weighted by molar-refractivity contribution is 5.52. The summed E-state index contributed by atoms with van der Waals surface area (Å²) in [6, 6.07) is 13.0. The van der Waals surface area contributed by atoms with Gasteiger partial charge in [-0.15, -0.1) is 0 Å². The fourth-order valence-electron chi connectivity index (χ4n) is 2.80. The van der Waals surface area contributed by atoms with Gasteiger partial charge in [0.25, 0.3) is 0 Å². The van der Waals surface area contributed by atoms with E-state index in [1.165, 1.54) is 33.5 Å². The summed E-state index contributed by atoms with van der Waals surface area (Å²) in [4.78, 5) is 0. The van der Waals surface area contributed by atoms with Gasteiger partial charge >= 0.3 is 0 Å². The van der Waals surface area contributed by atoms with Crippen molar-refractivity contribution in [2.24, 2.45) is 0 Å². The maximum Gasteiger partial charge on any atom is 0.0503 e. The van der Waals surface area contributed by atoms with E-state index in [9.17, 15) is 0 Å². The number of ether oxygens (including phenoxy) is 1. The van der Waals surface area contributed by atoms with Gasteiger partial charge in [0.1, 0.15) is 0 Å². The summed E-state index contributed by atoms with van der Waals surface area (Å²) in [6.07, 6.45) is 0.936. The van der Waals surface area contributed by atoms with Crippen molar-refractivity contribution in [3.63, 3.8) is 0 Å². The Hall–Kier alpha value is -1.80. The molecular formula is C19H25NO. The molecular weight excluding hydrogens is 258 g/mol. The van der Waals surface area contributed by atoms with Gasteiger partial charge in [-0.1, -0.05) is 35.9 Å². The largest absolute Gasteiger partial charge is 0.384 e. The first-order valence-electron chi connectivity index (χ1n) is 7.49. The van der Waals surface area contributed by atoms with Crippen LogP contribution in [-0.4, -0.2) is 13.7 Å². The van der Waals surface area contributed by atoms with Crippen molar-refractivity contribution in [3.05, 3.63) is 64.2 Å². The molecule has 2 heteroatoms. The molecule has 1 N–H and O–H groups in total. The molecule has 2 aromatic rings. The third-order valence-corrected chi connectivity index (χ3v) is 3.89. The number of anilines is 1. The molecule has 0 aliphatic heterocycles. The second-order valence-electron chi connectivity index (χ2n) is 5.63. The molecule has 2 rings (SSSR count). The number of aryl methyl sites for hydroxylation is 3. The predicted molar refractivity (Wildman–Crippen MR) is 90.0 cm³/mol. The Morgan fingerprint density at radius 3 is 2.33 bits per heavy atom. The van der Waals surface area contributed by atoms with Crippen LogP contribution >= 0.6 is 0 Å². The fourth-order valence-corrected chi connectivity index (χ4v) is 2.80. The summed E-state index contributed by atoms with van der Waals surface area (Å²) >= 11 is 0. The summed E-state index contributed by atoms with van der Waals surface area (Å²) in [5, 5.41) is 3.58. The van der Waals surface area contributed by atoms with Crippen LogP contribution in [0.5, 0.6) is 0 Å². The molecule has 21 heavy (non-hydrogen) atoms. The van der Waals surface area contributed by atoms with E-state index in [-0.39, 0.29) is 0 Å². The molecule has 0 bridgehead atoms. The topological polar surface area (TPSA) is 21.3 Å². The van der Waals surface area contributed by atoms with Crippen molar-refractivity contribution < 1.29 is 4.74 Å². The van der Waals surface area contributed by atoms with E-state index in [0.717, 1.165) is 19.6 Å². The lowest BCUT2D eigenvalue weighted by Gasteiger charge is -2.15. The average Bonchev–Trinajstić information content (AvgIpc) is 2.45. The highest BCUT2D eigenvalue weighted by atomic mass is 16.5. The van der Waals surface area contributed by atoms with Gasteiger partial charge < -0.3 is 10.1 Å². The lowest BCUT2D eigenvalue weighted by atomic mass is 9.99. The quantitative estimate of drug-likeness (QED) is 0.847. The van der Waals surface area contributed by atoms with Crippen LogP contribution in [0.25, 0.3) is 0 Å². The van der Waals surface area contributed by atoms with Gasteiger partial charge in [0.05, 0.1) is 6.61 Å². The molecule has 112 valence electrons. The van der Waals surface area contributed by atoms with E-state index in [1.807, 2.05) is 0 Å². The molecule has 0 heterocycles. The first-order valence-corrected chi connectivity index (χ1v) is 7.49. The Labute approximate surface area is 128 Å². The molecule has 0 radical (unpaired) electrons. The lowest BCUT2D eigenvalue weighted by molar-refractivity contribution is 0.202. The van der Waals surface area contributed by atoms with E-state index < -0.39 is 0 Å². The number of hydrogen-bond acceptors (Lipinski definition) is 2. The van der Waals surface area contributed by atoms with Crippen LogP contribution in [0.3, 0.4) is 0 Å². The molecule has 0 unspecified atom stereocenters. The van der Waals surface area contributed by atoms with E-state index >= 15 is 0 Å². The zero-order valence-corrected chi connectivity index (χ0v) is 13.5. The number of hydrogen-bond donors (Lipinski definition) is 1. The number of benzene rings is 2. The van der Waals surface area contributed by atoms with Gasteiger partial charge in [-0.3, -0.25) is 0 Å². The van der Waals surface area contributed by atoms with E-state index in [1.54, 1.807) is 7.11 Å². The van der Waals surface area contributed by atoms with Crippen molar-refractivity contribution in [1.82, 2.24) is 0 Å². The minimum atomic E-state index is 0.751. The Bertz CT molecular complexity index is 581. The molecule has 0 amide bonds. The van der Waals surface area contributed by atoms with Gasteiger partial charge in [0.2, 0.25) is 0 Å². The van der Waals surface area contributed by atoms with Gasteiger partial charge in [-0.05, 0) is 55.5 Å². The van der Waals surface area contributed by atoms with E-state index in [4.69, 9.17) is 4.74 Å². The summed E-state index contributed by atoms with van der Waals surface area (Å²) < 4.78 is 5.19. The summed E-state index contributed by atoms with van der Waals surface area (Å²) in [5.41, 5.74) is 7.94. The number of rotatable bonds is 6. The maximum absolute atomic E-state index is 5.19. The molecule has 2 nitrogen and oxygen atoms in total. The molecule has 0 spiro atoms. The SMILES string of the molecule is COCCc1ccccc1NCc1c(C)cc(C)cc1C. The molecule has 0 saturated carbocycles. The smallest absolute Gasteiger partial charge is 0.0503 e. The van der Waals surface area contributed by atoms with Crippen LogP contribution in [0.1, 0.15) is 27.8 Å². The van der Waals surface area contributed by atoms with Gasteiger partial charge in [0.15, 0.2) is 0 Å². The Kier molecular flexibility index (Phi) is 5.40. The monoisotopic (exact) mass is 283 g/mol. The third kappa shape index (κ3) is 4.08. The average molecular weight is 283 g/mol. The third-order valence-electron chi connectivity index (χ3n) is 3.89. The molecule has 0 fully saturated rings. The van der Waals surface area contributed by atoms with Crippen molar-refractivity contribution in [1.29, 1.82) is 0 Å². The van der Waals surface area contributed by atoms with E-state index in [2.05, 4.69) is 62.5 Å². The zero-order chi connectivity index (χ0) is 15.2. The summed E-state index contributed by atoms with van der Waals surface area (Å²) in [5.74, 6) is 0. The van der Waals surface area contributed by atoms with Crippen molar-refractivity contribution >= 4 is 5.69 Å². The Balaban J connectivity index is 2.13. The normalized spacial score (nSPS) is 10.7. The minimum Gasteiger partial charge on any atom is -0.384 e. The molecule has 0 aliphatic carbocycles. The first kappa shape index (κ1) is 15.6. The molecule has 0 aromatic heterocycles. The van der Waals surface area contributed by atoms with Crippen LogP contribution in [0, 0.1) is 20.8 Å². The number of methoxy groups -OCH3 is 1. The summed E-state index contributed by atoms with van der Waals surface area (Å²) in [6.45, 7) is 8.14. The van der Waals surface area contributed by atoms with Crippen LogP contribution in [-0.2, 0) is 17.7 Å². The second kappa shape index (κ2) is 7.28. The van der Waals surface area contributed by atoms with Crippen LogP contribution in [0.4, 0.5) is 5.69 Å². The Morgan fingerprint density at radius 1 is 1.00 bits per heavy atom. The van der Waals surface area contributed by atoms with Gasteiger partial charge in [0, 0.05) is 19.3 Å². The van der Waals surface area contributed by atoms with Crippen LogP contribution in [0.2, 0.25) is 0 Å². The van der Waals surface area contributed by atoms with Crippen LogP contribution in [0.15, 0.2) is 36.4 Å². The fraction of sp³-hybridized carbons (Fsp3) is 0.368. The first-order chi connectivity index (χ1) is 10.1. The molecule has 0 atom stereocenters. The lowest BCUT2D eigenvalue weighted by Crippen LogP contribution is -2.07. The Morgan fingerprint density at radius 2 is 1.67 bits per heavy atom. The van der Waals surface area contributed by atoms with Crippen molar-refractivity contribution in [2.45, 2.75) is 33.7 Å².